The van der Waals surface area contributed by atoms with Crippen molar-refractivity contribution in [2.24, 2.45) is 0 Å². The van der Waals surface area contributed by atoms with Gasteiger partial charge in [0, 0.05) is 48.8 Å². The zero-order valence-electron chi connectivity index (χ0n) is 23.0. The highest BCUT2D eigenvalue weighted by molar-refractivity contribution is 5.94. The van der Waals surface area contributed by atoms with Gasteiger partial charge in [0.1, 0.15) is 11.5 Å². The molecular formula is C31H32N6O3. The summed E-state index contributed by atoms with van der Waals surface area (Å²) in [5.41, 5.74) is 5.02. The second-order valence-electron chi connectivity index (χ2n) is 10.4. The number of carboxylic acids is 1. The lowest BCUT2D eigenvalue weighted by Crippen LogP contribution is -2.53. The van der Waals surface area contributed by atoms with Crippen molar-refractivity contribution in [3.63, 3.8) is 0 Å². The van der Waals surface area contributed by atoms with Gasteiger partial charge < -0.3 is 20.2 Å². The Morgan fingerprint density at radius 3 is 2.65 bits per heavy atom. The van der Waals surface area contributed by atoms with Crippen molar-refractivity contribution in [3.05, 3.63) is 99.0 Å². The average molecular weight is 537 g/mol. The van der Waals surface area contributed by atoms with E-state index in [0.29, 0.717) is 34.8 Å². The fourth-order valence-electron chi connectivity index (χ4n) is 5.47. The Kier molecular flexibility index (Phi) is 7.18. The number of fused-ring (bicyclic) bond motifs is 1. The molecule has 0 unspecified atom stereocenters. The molecule has 3 heterocycles. The molecule has 0 bridgehead atoms. The zero-order valence-corrected chi connectivity index (χ0v) is 23.0. The summed E-state index contributed by atoms with van der Waals surface area (Å²) >= 11 is 0. The summed E-state index contributed by atoms with van der Waals surface area (Å²) in [5.74, 6) is -0.352. The lowest BCUT2D eigenvalue weighted by molar-refractivity contribution is 0.0698. The number of nitrogens with one attached hydrogen (secondary N) is 1. The van der Waals surface area contributed by atoms with Crippen LogP contribution in [0.15, 0.2) is 65.6 Å². The number of piperazine rings is 1. The number of aromatic carboxylic acids is 1. The van der Waals surface area contributed by atoms with Gasteiger partial charge in [-0.15, -0.1) is 0 Å². The van der Waals surface area contributed by atoms with E-state index in [4.69, 9.17) is 4.98 Å². The van der Waals surface area contributed by atoms with Crippen molar-refractivity contribution >= 4 is 28.8 Å². The van der Waals surface area contributed by atoms with Crippen molar-refractivity contribution in [2.75, 3.05) is 34.8 Å². The normalized spacial score (nSPS) is 16.0. The Hall–Kier alpha value is -4.84. The van der Waals surface area contributed by atoms with Crippen molar-refractivity contribution in [2.45, 2.75) is 39.8 Å². The Bertz CT molecular complexity index is 1710. The molecule has 5 rings (SSSR count). The molecule has 2 N–H and O–H groups in total. The van der Waals surface area contributed by atoms with Crippen molar-refractivity contribution < 1.29 is 9.90 Å². The standard InChI is InChI=1S/C31H32N6O3/c1-19-14-26(22(4)33-27-11-6-5-10-25(27)31(39)40)29-34-28(21(3)30(38)37(29)17-19)36-13-12-35(18-20(36)2)24-9-7-8-23(15-24)16-32/h5-11,14-15,17,20,22,33H,12-13,18H2,1-4H3,(H,39,40)/t20-,22+/m0/s1. The highest BCUT2D eigenvalue weighted by atomic mass is 16.4. The minimum Gasteiger partial charge on any atom is -0.478 e. The lowest BCUT2D eigenvalue weighted by atomic mass is 10.1. The van der Waals surface area contributed by atoms with E-state index in [2.05, 4.69) is 28.1 Å². The number of para-hydroxylation sites is 1. The fourth-order valence-corrected chi connectivity index (χ4v) is 5.47. The summed E-state index contributed by atoms with van der Waals surface area (Å²) in [4.78, 5) is 34.9. The summed E-state index contributed by atoms with van der Waals surface area (Å²) in [6, 6.07) is 18.3. The maximum Gasteiger partial charge on any atom is 0.337 e. The second-order valence-corrected chi connectivity index (χ2v) is 10.4. The molecule has 2 aromatic carbocycles. The van der Waals surface area contributed by atoms with Crippen LogP contribution in [0, 0.1) is 25.2 Å². The van der Waals surface area contributed by atoms with E-state index in [9.17, 15) is 20.0 Å². The number of anilines is 3. The van der Waals surface area contributed by atoms with E-state index in [1.165, 1.54) is 0 Å². The molecular weight excluding hydrogens is 504 g/mol. The number of nitriles is 1. The summed E-state index contributed by atoms with van der Waals surface area (Å²) in [7, 11) is 0. The molecule has 204 valence electrons. The molecule has 9 nitrogen and oxygen atoms in total. The highest BCUT2D eigenvalue weighted by Gasteiger charge is 2.28. The van der Waals surface area contributed by atoms with Crippen LogP contribution in [-0.2, 0) is 0 Å². The summed E-state index contributed by atoms with van der Waals surface area (Å²) in [6.45, 7) is 9.92. The van der Waals surface area contributed by atoms with Crippen molar-refractivity contribution in [3.8, 4) is 6.07 Å². The van der Waals surface area contributed by atoms with Crippen LogP contribution in [0.4, 0.5) is 17.2 Å². The summed E-state index contributed by atoms with van der Waals surface area (Å²) < 4.78 is 1.60. The maximum atomic E-state index is 13.6. The highest BCUT2D eigenvalue weighted by Crippen LogP contribution is 2.29. The van der Waals surface area contributed by atoms with Crippen LogP contribution in [0.2, 0.25) is 0 Å². The number of hydrogen-bond acceptors (Lipinski definition) is 7. The van der Waals surface area contributed by atoms with E-state index in [1.807, 2.05) is 45.0 Å². The maximum absolute atomic E-state index is 13.6. The summed E-state index contributed by atoms with van der Waals surface area (Å²) in [6.07, 6.45) is 1.80. The number of pyridine rings is 1. The van der Waals surface area contributed by atoms with E-state index in [1.54, 1.807) is 40.9 Å². The SMILES string of the molecule is Cc1cc([C@@H](C)Nc2ccccc2C(=O)O)c2nc(N3CCN(c4cccc(C#N)c4)C[C@@H]3C)c(C)c(=O)n2c1. The third kappa shape index (κ3) is 4.96. The Morgan fingerprint density at radius 2 is 1.93 bits per heavy atom. The molecule has 0 aliphatic carbocycles. The molecule has 2 atom stereocenters. The Balaban J connectivity index is 1.51. The van der Waals surface area contributed by atoms with Gasteiger partial charge in [0.15, 0.2) is 0 Å². The Labute approximate surface area is 232 Å². The van der Waals surface area contributed by atoms with Gasteiger partial charge in [0.05, 0.1) is 28.8 Å². The van der Waals surface area contributed by atoms with Crippen LogP contribution >= 0.6 is 0 Å². The van der Waals surface area contributed by atoms with Crippen LogP contribution in [0.5, 0.6) is 0 Å². The van der Waals surface area contributed by atoms with E-state index < -0.39 is 5.97 Å². The number of nitrogens with zero attached hydrogens (tertiary/aromatic N) is 5. The molecule has 0 spiro atoms. The van der Waals surface area contributed by atoms with E-state index in [0.717, 1.165) is 29.9 Å². The third-order valence-corrected chi connectivity index (χ3v) is 7.53. The molecule has 1 fully saturated rings. The smallest absolute Gasteiger partial charge is 0.337 e. The topological polar surface area (TPSA) is 114 Å². The summed E-state index contributed by atoms with van der Waals surface area (Å²) in [5, 5.41) is 22.3. The van der Waals surface area contributed by atoms with Gasteiger partial charge in [-0.1, -0.05) is 18.2 Å². The van der Waals surface area contributed by atoms with E-state index in [-0.39, 0.29) is 23.2 Å². The molecule has 1 saturated heterocycles. The third-order valence-electron chi connectivity index (χ3n) is 7.53. The average Bonchev–Trinajstić information content (AvgIpc) is 2.95. The molecule has 0 radical (unpaired) electrons. The quantitative estimate of drug-likeness (QED) is 0.362. The van der Waals surface area contributed by atoms with Gasteiger partial charge in [0.2, 0.25) is 0 Å². The molecule has 0 saturated carbocycles. The number of aryl methyl sites for hydroxylation is 1. The first-order valence-corrected chi connectivity index (χ1v) is 13.3. The lowest BCUT2D eigenvalue weighted by Gasteiger charge is -2.42. The monoisotopic (exact) mass is 536 g/mol. The Morgan fingerprint density at radius 1 is 1.15 bits per heavy atom. The molecule has 40 heavy (non-hydrogen) atoms. The predicted octanol–water partition coefficient (Wildman–Crippen LogP) is 4.77. The number of carbonyl (C=O) groups is 1. The van der Waals surface area contributed by atoms with Crippen molar-refractivity contribution in [1.82, 2.24) is 9.38 Å². The second kappa shape index (κ2) is 10.7. The number of rotatable bonds is 6. The molecule has 1 aliphatic rings. The number of benzene rings is 2. The minimum atomic E-state index is -1.01. The van der Waals surface area contributed by atoms with E-state index >= 15 is 0 Å². The van der Waals surface area contributed by atoms with Gasteiger partial charge in [-0.2, -0.15) is 5.26 Å². The molecule has 0 amide bonds. The number of carboxylic acid groups (broad SMARTS) is 1. The predicted molar refractivity (Wildman–Crippen MR) is 157 cm³/mol. The minimum absolute atomic E-state index is 0.0689. The van der Waals surface area contributed by atoms with Crippen LogP contribution in [-0.4, -0.2) is 46.1 Å². The number of hydrogen-bond donors (Lipinski definition) is 2. The molecule has 4 aromatic rings. The van der Waals surface area contributed by atoms with Crippen LogP contribution < -0.4 is 20.7 Å². The van der Waals surface area contributed by atoms with Gasteiger partial charge in [-0.25, -0.2) is 9.78 Å². The fraction of sp³-hybridized carbons (Fsp3) is 0.290. The first-order valence-electron chi connectivity index (χ1n) is 13.3. The van der Waals surface area contributed by atoms with Gasteiger partial charge >= 0.3 is 5.97 Å². The van der Waals surface area contributed by atoms with Crippen LogP contribution in [0.25, 0.3) is 5.65 Å². The molecule has 2 aromatic heterocycles. The first kappa shape index (κ1) is 26.8. The largest absolute Gasteiger partial charge is 0.478 e. The van der Waals surface area contributed by atoms with Crippen molar-refractivity contribution in [1.29, 1.82) is 5.26 Å². The van der Waals surface area contributed by atoms with Crippen LogP contribution in [0.3, 0.4) is 0 Å². The zero-order chi connectivity index (χ0) is 28.6. The number of aromatic nitrogens is 2. The van der Waals surface area contributed by atoms with Gasteiger partial charge in [-0.3, -0.25) is 9.20 Å². The molecule has 1 aliphatic heterocycles. The van der Waals surface area contributed by atoms with Crippen LogP contribution in [0.1, 0.15) is 52.5 Å². The molecule has 9 heteroatoms. The first-order chi connectivity index (χ1) is 19.2. The van der Waals surface area contributed by atoms with Gasteiger partial charge in [-0.05, 0) is 69.7 Å². The van der Waals surface area contributed by atoms with Gasteiger partial charge in [0.25, 0.3) is 5.56 Å².